The average molecular weight is 218 g/mol. The molecule has 2 rings (SSSR count). The first-order valence-corrected chi connectivity index (χ1v) is 6.35. The number of benzene rings is 1. The number of hydrogen-bond donors (Lipinski definition) is 1. The molecule has 0 heterocycles. The summed E-state index contributed by atoms with van der Waals surface area (Å²) in [5.74, 6) is 1.46. The molecular weight excluding hydrogens is 196 g/mol. The summed E-state index contributed by atoms with van der Waals surface area (Å²) in [6.45, 7) is 4.50. The molecule has 0 unspecified atom stereocenters. The van der Waals surface area contributed by atoms with Crippen LogP contribution in [0.2, 0.25) is 0 Å². The summed E-state index contributed by atoms with van der Waals surface area (Å²) in [6.07, 6.45) is 3.91. The number of aliphatic hydroxyl groups is 1. The molecule has 1 saturated carbocycles. The molecule has 16 heavy (non-hydrogen) atoms. The Balaban J connectivity index is 1.80. The van der Waals surface area contributed by atoms with Gasteiger partial charge in [-0.25, -0.2) is 0 Å². The van der Waals surface area contributed by atoms with Crippen LogP contribution in [0.3, 0.4) is 0 Å². The Labute approximate surface area is 98.5 Å². The van der Waals surface area contributed by atoms with Gasteiger partial charge in [-0.3, -0.25) is 0 Å². The van der Waals surface area contributed by atoms with Crippen molar-refractivity contribution in [1.82, 2.24) is 0 Å². The third-order valence-electron chi connectivity index (χ3n) is 3.95. The first kappa shape index (κ1) is 11.7. The maximum Gasteiger partial charge on any atom is 0.0656 e. The summed E-state index contributed by atoms with van der Waals surface area (Å²) in [7, 11) is 0. The Morgan fingerprint density at radius 1 is 1.25 bits per heavy atom. The van der Waals surface area contributed by atoms with Crippen LogP contribution in [-0.4, -0.2) is 10.7 Å². The van der Waals surface area contributed by atoms with Crippen molar-refractivity contribution >= 4 is 0 Å². The molecule has 1 aromatic carbocycles. The fraction of sp³-hybridized carbons (Fsp3) is 0.600. The highest BCUT2D eigenvalue weighted by molar-refractivity contribution is 5.15. The summed E-state index contributed by atoms with van der Waals surface area (Å²) >= 11 is 0. The molecule has 1 aliphatic rings. The van der Waals surface area contributed by atoms with Crippen LogP contribution >= 0.6 is 0 Å². The molecule has 0 atom stereocenters. The maximum atomic E-state index is 10.3. The zero-order valence-corrected chi connectivity index (χ0v) is 10.3. The van der Waals surface area contributed by atoms with Gasteiger partial charge in [0.1, 0.15) is 0 Å². The summed E-state index contributed by atoms with van der Waals surface area (Å²) in [5, 5.41) is 10.3. The van der Waals surface area contributed by atoms with Gasteiger partial charge in [0.25, 0.3) is 0 Å². The summed E-state index contributed by atoms with van der Waals surface area (Å²) in [6, 6.07) is 10.5. The molecule has 1 N–H and O–H groups in total. The lowest BCUT2D eigenvalue weighted by atomic mass is 9.64. The van der Waals surface area contributed by atoms with Gasteiger partial charge in [-0.1, -0.05) is 44.2 Å². The van der Waals surface area contributed by atoms with Crippen LogP contribution in [0.4, 0.5) is 0 Å². The van der Waals surface area contributed by atoms with Gasteiger partial charge in [-0.2, -0.15) is 0 Å². The highest BCUT2D eigenvalue weighted by Gasteiger charge is 2.42. The standard InChI is InChI=1S/C15H22O/c1-12(2)14-10-15(16,11-14)9-8-13-6-4-3-5-7-13/h3-7,12,14,16H,8-11H2,1-2H3. The van der Waals surface area contributed by atoms with Crippen LogP contribution < -0.4 is 0 Å². The molecule has 1 heteroatoms. The highest BCUT2D eigenvalue weighted by atomic mass is 16.3. The average Bonchev–Trinajstić information content (AvgIpc) is 2.24. The third kappa shape index (κ3) is 2.65. The van der Waals surface area contributed by atoms with Gasteiger partial charge < -0.3 is 5.11 Å². The Hall–Kier alpha value is -0.820. The molecule has 1 aromatic rings. The zero-order chi connectivity index (χ0) is 11.6. The van der Waals surface area contributed by atoms with Crippen LogP contribution in [0.5, 0.6) is 0 Å². The van der Waals surface area contributed by atoms with Crippen molar-refractivity contribution in [2.24, 2.45) is 11.8 Å². The van der Waals surface area contributed by atoms with Crippen molar-refractivity contribution in [2.45, 2.75) is 45.1 Å². The van der Waals surface area contributed by atoms with Crippen molar-refractivity contribution in [1.29, 1.82) is 0 Å². The predicted octanol–water partition coefficient (Wildman–Crippen LogP) is 3.42. The van der Waals surface area contributed by atoms with E-state index in [4.69, 9.17) is 0 Å². The second kappa shape index (κ2) is 4.58. The second-order valence-corrected chi connectivity index (χ2v) is 5.62. The van der Waals surface area contributed by atoms with Crippen LogP contribution in [0.1, 0.15) is 38.7 Å². The van der Waals surface area contributed by atoms with Crippen molar-refractivity contribution in [3.63, 3.8) is 0 Å². The van der Waals surface area contributed by atoms with Crippen LogP contribution in [0, 0.1) is 11.8 Å². The molecule has 0 spiro atoms. The largest absolute Gasteiger partial charge is 0.390 e. The quantitative estimate of drug-likeness (QED) is 0.821. The zero-order valence-electron chi connectivity index (χ0n) is 10.3. The predicted molar refractivity (Wildman–Crippen MR) is 67.3 cm³/mol. The summed E-state index contributed by atoms with van der Waals surface area (Å²) in [4.78, 5) is 0. The third-order valence-corrected chi connectivity index (χ3v) is 3.95. The van der Waals surface area contributed by atoms with Gasteiger partial charge in [0.05, 0.1) is 5.60 Å². The monoisotopic (exact) mass is 218 g/mol. The van der Waals surface area contributed by atoms with E-state index in [9.17, 15) is 5.11 Å². The molecule has 88 valence electrons. The molecule has 1 nitrogen and oxygen atoms in total. The summed E-state index contributed by atoms with van der Waals surface area (Å²) in [5.41, 5.74) is 0.967. The van der Waals surface area contributed by atoms with Crippen LogP contribution in [-0.2, 0) is 6.42 Å². The normalized spacial score (nSPS) is 29.1. The van der Waals surface area contributed by atoms with Gasteiger partial charge >= 0.3 is 0 Å². The van der Waals surface area contributed by atoms with Gasteiger partial charge in [-0.15, -0.1) is 0 Å². The molecule has 0 aliphatic heterocycles. The van der Waals surface area contributed by atoms with E-state index in [2.05, 4.69) is 38.1 Å². The first-order chi connectivity index (χ1) is 7.59. The lowest BCUT2D eigenvalue weighted by molar-refractivity contribution is -0.0920. The SMILES string of the molecule is CC(C)C1CC(O)(CCc2ccccc2)C1. The fourth-order valence-corrected chi connectivity index (χ4v) is 2.61. The lowest BCUT2D eigenvalue weighted by Crippen LogP contribution is -2.46. The number of hydrogen-bond acceptors (Lipinski definition) is 1. The van der Waals surface area contributed by atoms with E-state index in [1.807, 2.05) is 6.07 Å². The molecule has 0 radical (unpaired) electrons. The van der Waals surface area contributed by atoms with Gasteiger partial charge in [0.2, 0.25) is 0 Å². The Morgan fingerprint density at radius 2 is 1.88 bits per heavy atom. The Morgan fingerprint density at radius 3 is 2.44 bits per heavy atom. The van der Waals surface area contributed by atoms with Crippen LogP contribution in [0.15, 0.2) is 30.3 Å². The van der Waals surface area contributed by atoms with E-state index in [-0.39, 0.29) is 5.60 Å². The first-order valence-electron chi connectivity index (χ1n) is 6.35. The van der Waals surface area contributed by atoms with Gasteiger partial charge in [0.15, 0.2) is 0 Å². The highest BCUT2D eigenvalue weighted by Crippen LogP contribution is 2.44. The second-order valence-electron chi connectivity index (χ2n) is 5.62. The van der Waals surface area contributed by atoms with E-state index in [0.29, 0.717) is 0 Å². The van der Waals surface area contributed by atoms with E-state index in [1.54, 1.807) is 0 Å². The molecule has 0 aromatic heterocycles. The van der Waals surface area contributed by atoms with Crippen molar-refractivity contribution in [2.75, 3.05) is 0 Å². The van der Waals surface area contributed by atoms with Crippen molar-refractivity contribution < 1.29 is 5.11 Å². The topological polar surface area (TPSA) is 20.2 Å². The fourth-order valence-electron chi connectivity index (χ4n) is 2.61. The molecule has 0 bridgehead atoms. The number of rotatable bonds is 4. The van der Waals surface area contributed by atoms with Gasteiger partial charge in [-0.05, 0) is 43.1 Å². The molecule has 0 saturated heterocycles. The van der Waals surface area contributed by atoms with Gasteiger partial charge in [0, 0.05) is 0 Å². The minimum atomic E-state index is -0.370. The minimum Gasteiger partial charge on any atom is -0.390 e. The minimum absolute atomic E-state index is 0.370. The van der Waals surface area contributed by atoms with E-state index < -0.39 is 0 Å². The summed E-state index contributed by atoms with van der Waals surface area (Å²) < 4.78 is 0. The Bertz CT molecular complexity index is 323. The van der Waals surface area contributed by atoms with Crippen molar-refractivity contribution in [3.05, 3.63) is 35.9 Å². The van der Waals surface area contributed by atoms with Crippen molar-refractivity contribution in [3.8, 4) is 0 Å². The van der Waals surface area contributed by atoms with E-state index in [0.717, 1.165) is 37.5 Å². The smallest absolute Gasteiger partial charge is 0.0656 e. The van der Waals surface area contributed by atoms with E-state index in [1.165, 1.54) is 5.56 Å². The van der Waals surface area contributed by atoms with E-state index >= 15 is 0 Å². The molecule has 1 aliphatic carbocycles. The Kier molecular flexibility index (Phi) is 3.34. The molecule has 0 amide bonds. The maximum absolute atomic E-state index is 10.3. The lowest BCUT2D eigenvalue weighted by Gasteiger charge is -2.46. The number of aryl methyl sites for hydroxylation is 1. The molecular formula is C15H22O. The van der Waals surface area contributed by atoms with Crippen LogP contribution in [0.25, 0.3) is 0 Å². The molecule has 1 fully saturated rings.